The zero-order chi connectivity index (χ0) is 23.6. The van der Waals surface area contributed by atoms with E-state index < -0.39 is 39.7 Å². The van der Waals surface area contributed by atoms with E-state index in [-0.39, 0.29) is 23.2 Å². The number of amides is 2. The highest BCUT2D eigenvalue weighted by molar-refractivity contribution is 7.89. The monoisotopic (exact) mass is 473 g/mol. The molecule has 0 bridgehead atoms. The fourth-order valence-corrected chi connectivity index (χ4v) is 6.17. The number of hydrogen-bond donors (Lipinski definition) is 1. The zero-order valence-electron chi connectivity index (χ0n) is 18.5. The fourth-order valence-electron chi connectivity index (χ4n) is 4.67. The van der Waals surface area contributed by atoms with E-state index >= 15 is 0 Å². The Morgan fingerprint density at radius 1 is 1.03 bits per heavy atom. The van der Waals surface area contributed by atoms with Crippen molar-refractivity contribution < 1.29 is 22.4 Å². The van der Waals surface area contributed by atoms with Crippen molar-refractivity contribution in [3.63, 3.8) is 0 Å². The first-order valence-electron chi connectivity index (χ1n) is 11.2. The van der Waals surface area contributed by atoms with Gasteiger partial charge in [0, 0.05) is 12.6 Å². The zero-order valence-corrected chi connectivity index (χ0v) is 19.4. The molecular formula is C24H28FN3O4S. The van der Waals surface area contributed by atoms with Crippen molar-refractivity contribution >= 4 is 27.5 Å². The summed E-state index contributed by atoms with van der Waals surface area (Å²) in [5.74, 6) is -1.80. The third-order valence-electron chi connectivity index (χ3n) is 6.44. The molecule has 2 fully saturated rings. The molecule has 33 heavy (non-hydrogen) atoms. The quantitative estimate of drug-likeness (QED) is 0.723. The van der Waals surface area contributed by atoms with Crippen LogP contribution in [0.25, 0.3) is 0 Å². The van der Waals surface area contributed by atoms with Gasteiger partial charge < -0.3 is 5.32 Å². The summed E-state index contributed by atoms with van der Waals surface area (Å²) < 4.78 is 42.4. The molecule has 0 aromatic heterocycles. The van der Waals surface area contributed by atoms with Crippen LogP contribution in [0.4, 0.5) is 10.1 Å². The minimum absolute atomic E-state index is 0.0344. The molecule has 4 rings (SSSR count). The van der Waals surface area contributed by atoms with Gasteiger partial charge in [-0.3, -0.25) is 14.5 Å². The van der Waals surface area contributed by atoms with Gasteiger partial charge in [-0.1, -0.05) is 49.6 Å². The molecule has 1 saturated heterocycles. The number of halogens is 1. The molecule has 2 amide bonds. The number of sulfonamides is 1. The van der Waals surface area contributed by atoms with E-state index in [1.54, 1.807) is 24.3 Å². The van der Waals surface area contributed by atoms with Gasteiger partial charge in [-0.25, -0.2) is 12.8 Å². The summed E-state index contributed by atoms with van der Waals surface area (Å²) in [5.41, 5.74) is -1.67. The van der Waals surface area contributed by atoms with E-state index in [2.05, 4.69) is 5.32 Å². The van der Waals surface area contributed by atoms with Gasteiger partial charge in [0.25, 0.3) is 0 Å². The Morgan fingerprint density at radius 3 is 2.33 bits per heavy atom. The van der Waals surface area contributed by atoms with Crippen molar-refractivity contribution in [1.29, 1.82) is 0 Å². The van der Waals surface area contributed by atoms with Crippen LogP contribution in [0.15, 0.2) is 59.5 Å². The van der Waals surface area contributed by atoms with Gasteiger partial charge in [-0.2, -0.15) is 4.31 Å². The third kappa shape index (κ3) is 4.52. The Balaban J connectivity index is 1.73. The lowest BCUT2D eigenvalue weighted by molar-refractivity contribution is -0.133. The number of nitrogens with zero attached hydrogens (tertiary/aromatic N) is 2. The van der Waals surface area contributed by atoms with E-state index in [1.807, 2.05) is 0 Å². The number of carbonyl (C=O) groups is 2. The van der Waals surface area contributed by atoms with Crippen LogP contribution in [0.2, 0.25) is 0 Å². The Kier molecular flexibility index (Phi) is 6.54. The molecule has 9 heteroatoms. The number of carbonyl (C=O) groups excluding carboxylic acids is 2. The first-order chi connectivity index (χ1) is 15.7. The highest BCUT2D eigenvalue weighted by atomic mass is 32.2. The van der Waals surface area contributed by atoms with Crippen LogP contribution in [0.5, 0.6) is 0 Å². The number of para-hydroxylation sites is 1. The van der Waals surface area contributed by atoms with Crippen molar-refractivity contribution in [1.82, 2.24) is 9.62 Å². The van der Waals surface area contributed by atoms with Gasteiger partial charge in [-0.15, -0.1) is 0 Å². The SMILES string of the molecule is C[C@@]1(C(=O)NC2CCCCC2)CN(S(=O)(=O)c2ccccc2)CC(=O)N1c1ccccc1F. The highest BCUT2D eigenvalue weighted by Crippen LogP contribution is 2.34. The van der Waals surface area contributed by atoms with Gasteiger partial charge in [0.15, 0.2) is 0 Å². The lowest BCUT2D eigenvalue weighted by atomic mass is 9.91. The smallest absolute Gasteiger partial charge is 0.247 e. The minimum atomic E-state index is -4.04. The van der Waals surface area contributed by atoms with Crippen molar-refractivity contribution in [3.05, 3.63) is 60.4 Å². The average molecular weight is 474 g/mol. The second-order valence-electron chi connectivity index (χ2n) is 8.85. The molecule has 0 radical (unpaired) electrons. The molecule has 1 atom stereocenters. The Morgan fingerprint density at radius 2 is 1.67 bits per heavy atom. The fraction of sp³-hybridized carbons (Fsp3) is 0.417. The molecule has 1 aliphatic carbocycles. The molecular weight excluding hydrogens is 445 g/mol. The maximum atomic E-state index is 14.8. The van der Waals surface area contributed by atoms with E-state index in [4.69, 9.17) is 0 Å². The molecule has 2 aromatic carbocycles. The maximum absolute atomic E-state index is 14.8. The van der Waals surface area contributed by atoms with E-state index in [1.165, 1.54) is 37.3 Å². The summed E-state index contributed by atoms with van der Waals surface area (Å²) in [6.45, 7) is 0.725. The molecule has 1 aliphatic heterocycles. The van der Waals surface area contributed by atoms with Crippen LogP contribution < -0.4 is 10.2 Å². The number of anilines is 1. The number of piperazine rings is 1. The number of nitrogens with one attached hydrogen (secondary N) is 1. The minimum Gasteiger partial charge on any atom is -0.351 e. The third-order valence-corrected chi connectivity index (χ3v) is 8.25. The second kappa shape index (κ2) is 9.23. The van der Waals surface area contributed by atoms with Crippen molar-refractivity contribution in [2.24, 2.45) is 0 Å². The van der Waals surface area contributed by atoms with Crippen molar-refractivity contribution in [2.75, 3.05) is 18.0 Å². The molecule has 7 nitrogen and oxygen atoms in total. The summed E-state index contributed by atoms with van der Waals surface area (Å²) in [7, 11) is -4.04. The summed E-state index contributed by atoms with van der Waals surface area (Å²) in [5, 5.41) is 3.00. The van der Waals surface area contributed by atoms with Crippen LogP contribution >= 0.6 is 0 Å². The van der Waals surface area contributed by atoms with Crippen LogP contribution in [0.1, 0.15) is 39.0 Å². The number of rotatable bonds is 5. The average Bonchev–Trinajstić information content (AvgIpc) is 2.81. The van der Waals surface area contributed by atoms with Crippen LogP contribution in [0, 0.1) is 5.82 Å². The van der Waals surface area contributed by atoms with Gasteiger partial charge in [-0.05, 0) is 44.0 Å². The molecule has 0 spiro atoms. The topological polar surface area (TPSA) is 86.8 Å². The largest absolute Gasteiger partial charge is 0.351 e. The molecule has 2 aliphatic rings. The summed E-state index contributed by atoms with van der Waals surface area (Å²) in [4.78, 5) is 28.1. The summed E-state index contributed by atoms with van der Waals surface area (Å²) in [6.07, 6.45) is 4.73. The normalized spacial score (nSPS) is 22.8. The lowest BCUT2D eigenvalue weighted by Crippen LogP contribution is -2.71. The standard InChI is InChI=1S/C24H28FN3O4S/c1-24(23(30)26-18-10-4-2-5-11-18)17-27(33(31,32)19-12-6-3-7-13-19)16-22(29)28(24)21-15-9-8-14-20(21)25/h3,6-9,12-15,18H,2,4-5,10-11,16-17H2,1H3,(H,26,30)/t24-/m0/s1. The van der Waals surface area contributed by atoms with Crippen LogP contribution in [-0.2, 0) is 19.6 Å². The Bertz CT molecular complexity index is 1140. The van der Waals surface area contributed by atoms with Gasteiger partial charge in [0.05, 0.1) is 17.1 Å². The predicted molar refractivity (Wildman–Crippen MR) is 123 cm³/mol. The van der Waals surface area contributed by atoms with Gasteiger partial charge >= 0.3 is 0 Å². The number of benzene rings is 2. The summed E-state index contributed by atoms with van der Waals surface area (Å²) in [6, 6.07) is 13.5. The van der Waals surface area contributed by atoms with Crippen molar-refractivity contribution in [3.8, 4) is 0 Å². The van der Waals surface area contributed by atoms with E-state index in [0.717, 1.165) is 41.3 Å². The van der Waals surface area contributed by atoms with E-state index in [9.17, 15) is 22.4 Å². The van der Waals surface area contributed by atoms with E-state index in [0.29, 0.717) is 0 Å². The molecule has 1 heterocycles. The van der Waals surface area contributed by atoms with Crippen molar-refractivity contribution in [2.45, 2.75) is 55.5 Å². The molecule has 2 aromatic rings. The van der Waals surface area contributed by atoms with Gasteiger partial charge in [0.2, 0.25) is 21.8 Å². The van der Waals surface area contributed by atoms with Crippen LogP contribution in [-0.4, -0.2) is 49.2 Å². The first kappa shape index (κ1) is 23.4. The highest BCUT2D eigenvalue weighted by Gasteiger charge is 2.52. The molecule has 1 N–H and O–H groups in total. The molecule has 1 saturated carbocycles. The predicted octanol–water partition coefficient (Wildman–Crippen LogP) is 3.07. The molecule has 176 valence electrons. The second-order valence-corrected chi connectivity index (χ2v) is 10.8. The Hall–Kier alpha value is -2.78. The maximum Gasteiger partial charge on any atom is 0.247 e. The molecule has 0 unspecified atom stereocenters. The summed E-state index contributed by atoms with van der Waals surface area (Å²) >= 11 is 0. The Labute approximate surface area is 193 Å². The number of hydrogen-bond acceptors (Lipinski definition) is 4. The van der Waals surface area contributed by atoms with Gasteiger partial charge in [0.1, 0.15) is 11.4 Å². The van der Waals surface area contributed by atoms with Crippen LogP contribution in [0.3, 0.4) is 0 Å². The lowest BCUT2D eigenvalue weighted by Gasteiger charge is -2.47. The first-order valence-corrected chi connectivity index (χ1v) is 12.6.